The summed E-state index contributed by atoms with van der Waals surface area (Å²) in [6.45, 7) is -0.320. The standard InChI is InChI=1S/C19H21F3N2O2/c20-13-1-2-14(17(22)16(13)21)24-15(25)9-23-18(26)19-6-10-3-11(7-19)5-12(4-10)8-19/h1-2,10-12H,3-9H2,(H,23,26)(H,24,25). The van der Waals surface area contributed by atoms with Crippen molar-refractivity contribution in [1.82, 2.24) is 5.32 Å². The van der Waals surface area contributed by atoms with Gasteiger partial charge in [0.2, 0.25) is 11.8 Å². The van der Waals surface area contributed by atoms with Crippen LogP contribution >= 0.6 is 0 Å². The number of halogens is 3. The monoisotopic (exact) mass is 366 g/mol. The molecule has 0 saturated heterocycles. The van der Waals surface area contributed by atoms with Crippen molar-refractivity contribution in [3.63, 3.8) is 0 Å². The minimum Gasteiger partial charge on any atom is -0.347 e. The first kappa shape index (κ1) is 17.4. The van der Waals surface area contributed by atoms with Crippen molar-refractivity contribution < 1.29 is 22.8 Å². The number of nitrogens with one attached hydrogen (secondary N) is 2. The van der Waals surface area contributed by atoms with Crippen LogP contribution in [0.25, 0.3) is 0 Å². The number of anilines is 1. The normalized spacial score (nSPS) is 31.7. The second kappa shape index (κ2) is 6.28. The van der Waals surface area contributed by atoms with E-state index in [1.165, 1.54) is 19.3 Å². The van der Waals surface area contributed by atoms with E-state index in [0.29, 0.717) is 17.8 Å². The summed E-state index contributed by atoms with van der Waals surface area (Å²) in [7, 11) is 0. The topological polar surface area (TPSA) is 58.2 Å². The maximum Gasteiger partial charge on any atom is 0.243 e. The number of rotatable bonds is 4. The lowest BCUT2D eigenvalue weighted by Gasteiger charge is -2.55. The van der Waals surface area contributed by atoms with Gasteiger partial charge in [0.05, 0.1) is 12.2 Å². The van der Waals surface area contributed by atoms with Crippen molar-refractivity contribution >= 4 is 17.5 Å². The molecule has 4 nitrogen and oxygen atoms in total. The molecule has 26 heavy (non-hydrogen) atoms. The van der Waals surface area contributed by atoms with Crippen molar-refractivity contribution in [2.75, 3.05) is 11.9 Å². The molecule has 4 aliphatic carbocycles. The molecular weight excluding hydrogens is 345 g/mol. The van der Waals surface area contributed by atoms with E-state index in [4.69, 9.17) is 0 Å². The van der Waals surface area contributed by atoms with Crippen molar-refractivity contribution in [3.05, 3.63) is 29.6 Å². The summed E-state index contributed by atoms with van der Waals surface area (Å²) < 4.78 is 39.7. The van der Waals surface area contributed by atoms with Gasteiger partial charge in [-0.25, -0.2) is 13.2 Å². The molecular formula is C19H21F3N2O2. The van der Waals surface area contributed by atoms with Crippen molar-refractivity contribution in [2.45, 2.75) is 38.5 Å². The predicted molar refractivity (Wildman–Crippen MR) is 88.6 cm³/mol. The summed E-state index contributed by atoms with van der Waals surface area (Å²) in [5, 5.41) is 4.84. The summed E-state index contributed by atoms with van der Waals surface area (Å²) in [5.41, 5.74) is -0.819. The molecule has 0 atom stereocenters. The van der Waals surface area contributed by atoms with Crippen LogP contribution in [0.5, 0.6) is 0 Å². The van der Waals surface area contributed by atoms with Crippen LogP contribution in [0.1, 0.15) is 38.5 Å². The third-order valence-electron chi connectivity index (χ3n) is 6.24. The third-order valence-corrected chi connectivity index (χ3v) is 6.24. The largest absolute Gasteiger partial charge is 0.347 e. The van der Waals surface area contributed by atoms with Crippen LogP contribution in [0.3, 0.4) is 0 Å². The molecule has 7 heteroatoms. The van der Waals surface area contributed by atoms with Gasteiger partial charge in [-0.05, 0) is 68.4 Å². The zero-order chi connectivity index (χ0) is 18.5. The number of hydrogen-bond donors (Lipinski definition) is 2. The molecule has 2 N–H and O–H groups in total. The van der Waals surface area contributed by atoms with Gasteiger partial charge in [-0.3, -0.25) is 9.59 Å². The van der Waals surface area contributed by atoms with Crippen LogP contribution in [-0.4, -0.2) is 18.4 Å². The molecule has 0 radical (unpaired) electrons. The Balaban J connectivity index is 1.36. The number of hydrogen-bond acceptors (Lipinski definition) is 2. The Morgan fingerprint density at radius 3 is 2.12 bits per heavy atom. The Labute approximate surface area is 149 Å². The summed E-state index contributed by atoms with van der Waals surface area (Å²) in [5.74, 6) is -3.38. The summed E-state index contributed by atoms with van der Waals surface area (Å²) in [6.07, 6.45) is 6.27. The third kappa shape index (κ3) is 2.97. The van der Waals surface area contributed by atoms with E-state index >= 15 is 0 Å². The smallest absolute Gasteiger partial charge is 0.243 e. The molecule has 4 fully saturated rings. The van der Waals surface area contributed by atoms with Gasteiger partial charge in [-0.15, -0.1) is 0 Å². The van der Waals surface area contributed by atoms with Crippen LogP contribution in [0.15, 0.2) is 12.1 Å². The van der Waals surface area contributed by atoms with Gasteiger partial charge in [0, 0.05) is 5.41 Å². The molecule has 4 saturated carbocycles. The lowest BCUT2D eigenvalue weighted by molar-refractivity contribution is -0.146. The molecule has 0 unspecified atom stereocenters. The maximum absolute atomic E-state index is 13.6. The van der Waals surface area contributed by atoms with Crippen molar-refractivity contribution in [3.8, 4) is 0 Å². The summed E-state index contributed by atoms with van der Waals surface area (Å²) in [6, 6.07) is 1.69. The highest BCUT2D eigenvalue weighted by Gasteiger charge is 2.54. The summed E-state index contributed by atoms with van der Waals surface area (Å²) in [4.78, 5) is 24.7. The second-order valence-electron chi connectivity index (χ2n) is 8.15. The SMILES string of the molecule is O=C(CNC(=O)C12CC3CC(CC(C3)C1)C2)Nc1ccc(F)c(F)c1F. The molecule has 4 aliphatic rings. The second-order valence-corrected chi connectivity index (χ2v) is 8.15. The van der Waals surface area contributed by atoms with Crippen LogP contribution in [-0.2, 0) is 9.59 Å². The molecule has 0 aromatic heterocycles. The van der Waals surface area contributed by atoms with Gasteiger partial charge in [0.25, 0.3) is 0 Å². The molecule has 5 rings (SSSR count). The highest BCUT2D eigenvalue weighted by Crippen LogP contribution is 2.60. The van der Waals surface area contributed by atoms with Crippen molar-refractivity contribution in [2.24, 2.45) is 23.2 Å². The molecule has 140 valence electrons. The molecule has 4 bridgehead atoms. The first-order valence-corrected chi connectivity index (χ1v) is 9.08. The van der Waals surface area contributed by atoms with Crippen LogP contribution in [0.4, 0.5) is 18.9 Å². The van der Waals surface area contributed by atoms with E-state index in [0.717, 1.165) is 31.4 Å². The van der Waals surface area contributed by atoms with E-state index in [1.807, 2.05) is 0 Å². The molecule has 2 amide bonds. The van der Waals surface area contributed by atoms with Gasteiger partial charge in [0.1, 0.15) is 0 Å². The van der Waals surface area contributed by atoms with Crippen LogP contribution < -0.4 is 10.6 Å². The molecule has 0 spiro atoms. The molecule has 0 heterocycles. The zero-order valence-corrected chi connectivity index (χ0v) is 14.3. The Bertz CT molecular complexity index is 730. The summed E-state index contributed by atoms with van der Waals surface area (Å²) >= 11 is 0. The Hall–Kier alpha value is -2.05. The van der Waals surface area contributed by atoms with Crippen LogP contribution in [0.2, 0.25) is 0 Å². The number of benzene rings is 1. The molecule has 1 aromatic rings. The van der Waals surface area contributed by atoms with Crippen LogP contribution in [0, 0.1) is 40.6 Å². The lowest BCUT2D eigenvalue weighted by Crippen LogP contribution is -2.54. The zero-order valence-electron chi connectivity index (χ0n) is 14.3. The van der Waals surface area contributed by atoms with E-state index in [-0.39, 0.29) is 17.9 Å². The number of amides is 2. The fourth-order valence-corrected chi connectivity index (χ4v) is 5.55. The van der Waals surface area contributed by atoms with E-state index in [2.05, 4.69) is 10.6 Å². The van der Waals surface area contributed by atoms with Gasteiger partial charge in [0.15, 0.2) is 17.5 Å². The molecule has 0 aliphatic heterocycles. The predicted octanol–water partition coefficient (Wildman–Crippen LogP) is 3.38. The minimum atomic E-state index is -1.64. The fourth-order valence-electron chi connectivity index (χ4n) is 5.55. The van der Waals surface area contributed by atoms with E-state index in [9.17, 15) is 22.8 Å². The Morgan fingerprint density at radius 1 is 0.962 bits per heavy atom. The van der Waals surface area contributed by atoms with Gasteiger partial charge < -0.3 is 10.6 Å². The van der Waals surface area contributed by atoms with Gasteiger partial charge in [-0.1, -0.05) is 0 Å². The average molecular weight is 366 g/mol. The van der Waals surface area contributed by atoms with Gasteiger partial charge >= 0.3 is 0 Å². The van der Waals surface area contributed by atoms with E-state index < -0.39 is 29.0 Å². The average Bonchev–Trinajstić information content (AvgIpc) is 2.59. The minimum absolute atomic E-state index is 0.113. The molecule has 1 aromatic carbocycles. The quantitative estimate of drug-likeness (QED) is 0.803. The number of carbonyl (C=O) groups is 2. The van der Waals surface area contributed by atoms with E-state index in [1.54, 1.807) is 0 Å². The number of carbonyl (C=O) groups excluding carboxylic acids is 2. The lowest BCUT2D eigenvalue weighted by atomic mass is 9.49. The fraction of sp³-hybridized carbons (Fsp3) is 0.579. The Kier molecular flexibility index (Phi) is 4.20. The van der Waals surface area contributed by atoms with Gasteiger partial charge in [-0.2, -0.15) is 0 Å². The maximum atomic E-state index is 13.6. The highest BCUT2D eigenvalue weighted by atomic mass is 19.2. The Morgan fingerprint density at radius 2 is 1.54 bits per heavy atom. The first-order chi connectivity index (χ1) is 12.4. The first-order valence-electron chi connectivity index (χ1n) is 9.08. The highest BCUT2D eigenvalue weighted by molar-refractivity contribution is 5.95. The van der Waals surface area contributed by atoms with Crippen molar-refractivity contribution in [1.29, 1.82) is 0 Å².